The van der Waals surface area contributed by atoms with Gasteiger partial charge in [0.1, 0.15) is 74.3 Å². The van der Waals surface area contributed by atoms with Crippen LogP contribution in [0, 0.1) is 18.3 Å². The minimum atomic E-state index is -1.66. The minimum absolute atomic E-state index is 0.00573. The maximum Gasteiger partial charge on any atom is 0.335 e. The fourth-order valence-corrected chi connectivity index (χ4v) is 8.07. The predicted octanol–water partition coefficient (Wildman–Crippen LogP) is 9.89. The molecule has 119 heavy (non-hydrogen) atoms. The largest absolute Gasteiger partial charge is 0.462 e. The highest BCUT2D eigenvalue weighted by atomic mass is 16.6. The molecular weight excluding hydrogens is 1550 g/mol. The van der Waals surface area contributed by atoms with Crippen LogP contribution < -0.4 is 18.9 Å². The van der Waals surface area contributed by atoms with Gasteiger partial charge in [0.15, 0.2) is 5.60 Å². The molecule has 3 unspecified atom stereocenters. The van der Waals surface area contributed by atoms with E-state index in [4.69, 9.17) is 67.4 Å². The third kappa shape index (κ3) is 59.1. The van der Waals surface area contributed by atoms with Crippen molar-refractivity contribution in [2.45, 2.75) is 103 Å². The Hall–Kier alpha value is -13.3. The molecule has 1 aliphatic heterocycles. The van der Waals surface area contributed by atoms with E-state index in [1.807, 2.05) is 0 Å². The van der Waals surface area contributed by atoms with Crippen molar-refractivity contribution in [3.63, 3.8) is 0 Å². The summed E-state index contributed by atoms with van der Waals surface area (Å²) in [4.78, 5) is 153. The molecule has 1 saturated carbocycles. The number of hydrogen-bond donors (Lipinski definition) is 3. The van der Waals surface area contributed by atoms with Crippen molar-refractivity contribution in [2.75, 3.05) is 73.1 Å². The van der Waals surface area contributed by atoms with E-state index in [0.29, 0.717) is 52.7 Å². The van der Waals surface area contributed by atoms with E-state index < -0.39 is 109 Å². The zero-order chi connectivity index (χ0) is 91.2. The molecule has 2 aromatic carbocycles. The van der Waals surface area contributed by atoms with Gasteiger partial charge in [-0.25, -0.2) is 62.3 Å². The highest BCUT2D eigenvalue weighted by Gasteiger charge is 2.35. The van der Waals surface area contributed by atoms with Crippen LogP contribution in [0.3, 0.4) is 0 Å². The molecule has 1 heterocycles. The zero-order valence-corrected chi connectivity index (χ0v) is 68.1. The van der Waals surface area contributed by atoms with Gasteiger partial charge in [-0.15, -0.1) is 0 Å². The number of ether oxygens (including phenoxy) is 14. The Morgan fingerprint density at radius 3 is 1.33 bits per heavy atom. The SMILES string of the molecule is C=CC(=O)OC1CCCC(C(C)(C)C)C1.C=CC(=O)OCC(CO)(CO)OC(=O)C=C.C=CC(=O)OCC(COC(=O)C=C)OC.C=CC(=O)OCC=CC(CO)OC(=O)C=C.C=CC(=O)OCC=CCCOC(=O)C=C.C=CC(=O)Oc1ccc(OC(=O)C=C)c(C)c1.C=CC(=O)Oc1ccc(OC(=O)C=C)cc1.C=CN1CCCCC1=O. The van der Waals surface area contributed by atoms with Crippen LogP contribution >= 0.6 is 0 Å². The summed E-state index contributed by atoms with van der Waals surface area (Å²) in [7, 11) is 1.42. The molecule has 2 fully saturated rings. The van der Waals surface area contributed by atoms with Crippen molar-refractivity contribution in [1.82, 2.24) is 4.90 Å². The molecule has 650 valence electrons. The second-order valence-electron chi connectivity index (χ2n) is 24.2. The first kappa shape index (κ1) is 112. The van der Waals surface area contributed by atoms with Crippen molar-refractivity contribution in [3.8, 4) is 23.0 Å². The molecule has 0 radical (unpaired) electrons. The van der Waals surface area contributed by atoms with Crippen LogP contribution in [-0.4, -0.2) is 201 Å². The number of nitrogens with zero attached hydrogens (tertiary/aromatic N) is 1. The van der Waals surface area contributed by atoms with Crippen LogP contribution in [0.5, 0.6) is 23.0 Å². The number of amides is 1. The van der Waals surface area contributed by atoms with Crippen LogP contribution in [0.2, 0.25) is 0 Å². The highest BCUT2D eigenvalue weighted by molar-refractivity contribution is 5.87. The fourth-order valence-electron chi connectivity index (χ4n) is 8.07. The number of aryl methyl sites for hydroxylation is 1. The number of piperidine rings is 1. The number of rotatable bonds is 39. The summed E-state index contributed by atoms with van der Waals surface area (Å²) in [6.07, 6.45) is 28.3. The highest BCUT2D eigenvalue weighted by Crippen LogP contribution is 2.39. The Morgan fingerprint density at radius 2 is 0.916 bits per heavy atom. The topological polar surface area (TPSA) is 432 Å². The maximum absolute atomic E-state index is 11.1. The van der Waals surface area contributed by atoms with Crippen molar-refractivity contribution in [3.05, 3.63) is 250 Å². The Kier molecular flexibility index (Phi) is 65.0. The van der Waals surface area contributed by atoms with E-state index >= 15 is 0 Å². The average Bonchev–Trinajstić information content (AvgIpc) is 0.855. The van der Waals surface area contributed by atoms with Gasteiger partial charge in [-0.1, -0.05) is 125 Å². The van der Waals surface area contributed by atoms with Gasteiger partial charge in [-0.2, -0.15) is 0 Å². The standard InChI is InChI=1S/C13H12O4.C13H22O2.C12H10O4.C11H14O5.C11H14O4.C10H14O6.C10H14O5.C7H11NO/c1-4-12(14)16-10-6-7-11(9(3)8-10)17-13(15)5-2;1-5-12(14)15-11-8-6-7-10(9-11)13(2,3)4;1-3-11(13)15-9-5-7-10(8-6-9)16-12(14)4-2;1-3-10(13)15-7-5-6-9(8-12)16-11(14)4-2;1-3-10(12)14-8-6-5-7-9-15-11(13)4-2;1-3-8(13)15-7-10(5-11,6-12)16-9(14)4-2;1-4-9(11)14-6-8(13-3)7-15-10(12)5-2;1-2-8-6-4-3-5-7(8)9/h4-8H,1-2H2,3H3;5,10-11H,1,6-9H2,2-4H3;3-8H,1-2H2;3-6,9,12H,1-2,7-8H2;3-6H,1-2,7-9H2;3-4,11-12H,1-2,5-7H2;4-5,8H,1-2,6-7H2,3H3;2H,1,3-6H2. The van der Waals surface area contributed by atoms with E-state index in [9.17, 15) is 67.1 Å². The quantitative estimate of drug-likeness (QED) is 0.0140. The summed E-state index contributed by atoms with van der Waals surface area (Å²) in [6.45, 7) is 53.5. The molecule has 3 atom stereocenters. The molecule has 2 aliphatic rings. The number of methoxy groups -OCH3 is 1. The number of esters is 13. The van der Waals surface area contributed by atoms with Gasteiger partial charge in [0.25, 0.3) is 0 Å². The summed E-state index contributed by atoms with van der Waals surface area (Å²) in [5.41, 5.74) is -0.669. The lowest BCUT2D eigenvalue weighted by Gasteiger charge is -2.37. The predicted molar refractivity (Wildman–Crippen MR) is 439 cm³/mol. The molecule has 32 nitrogen and oxygen atoms in total. The van der Waals surface area contributed by atoms with Crippen molar-refractivity contribution in [2.24, 2.45) is 11.3 Å². The summed E-state index contributed by atoms with van der Waals surface area (Å²) in [5.74, 6) is -4.88. The summed E-state index contributed by atoms with van der Waals surface area (Å²) >= 11 is 0. The first-order chi connectivity index (χ1) is 56.5. The van der Waals surface area contributed by atoms with Crippen LogP contribution in [0.1, 0.15) is 77.7 Å². The van der Waals surface area contributed by atoms with Crippen molar-refractivity contribution in [1.29, 1.82) is 0 Å². The van der Waals surface area contributed by atoms with Crippen molar-refractivity contribution < 1.29 is 149 Å². The lowest BCUT2D eigenvalue weighted by molar-refractivity contribution is -0.178. The molecule has 1 amide bonds. The van der Waals surface area contributed by atoms with Crippen LogP contribution in [0.4, 0.5) is 0 Å². The third-order valence-electron chi connectivity index (χ3n) is 14.4. The summed E-state index contributed by atoms with van der Waals surface area (Å²) in [5, 5.41) is 26.9. The number of likely N-dealkylation sites (tertiary alicyclic amines) is 1. The summed E-state index contributed by atoms with van der Waals surface area (Å²) in [6, 6.07) is 10.7. The minimum Gasteiger partial charge on any atom is -0.462 e. The van der Waals surface area contributed by atoms with Gasteiger partial charge in [0.05, 0.1) is 26.4 Å². The van der Waals surface area contributed by atoms with E-state index in [1.54, 1.807) is 42.3 Å². The Morgan fingerprint density at radius 1 is 0.487 bits per heavy atom. The molecule has 0 bridgehead atoms. The van der Waals surface area contributed by atoms with E-state index in [-0.39, 0.29) is 57.6 Å². The molecule has 0 aromatic heterocycles. The molecule has 3 N–H and O–H groups in total. The van der Waals surface area contributed by atoms with Gasteiger partial charge in [0, 0.05) is 99.1 Å². The number of carbonyl (C=O) groups is 14. The Labute approximate surface area is 694 Å². The number of aliphatic hydroxyl groups excluding tert-OH is 3. The van der Waals surface area contributed by atoms with E-state index in [2.05, 4.69) is 127 Å². The average molecular weight is 1670 g/mol. The first-order valence-corrected chi connectivity index (χ1v) is 35.9. The number of benzene rings is 2. The second kappa shape index (κ2) is 69.0. The lowest BCUT2D eigenvalue weighted by Crippen LogP contribution is -2.47. The summed E-state index contributed by atoms with van der Waals surface area (Å²) < 4.78 is 67.2. The van der Waals surface area contributed by atoms with Crippen LogP contribution in [0.25, 0.3) is 0 Å². The first-order valence-electron chi connectivity index (χ1n) is 35.9. The smallest absolute Gasteiger partial charge is 0.335 e. The van der Waals surface area contributed by atoms with Crippen LogP contribution in [0.15, 0.2) is 244 Å². The van der Waals surface area contributed by atoms with Gasteiger partial charge >= 0.3 is 77.6 Å². The molecule has 32 heteroatoms. The number of carbonyl (C=O) groups excluding carboxylic acids is 14. The third-order valence-corrected chi connectivity index (χ3v) is 14.4. The Bertz CT molecular complexity index is 3710. The fraction of sp³-hybridized carbons (Fsp3) is 0.333. The number of aliphatic hydroxyl groups is 3. The van der Waals surface area contributed by atoms with E-state index in [0.717, 1.165) is 112 Å². The molecule has 0 spiro atoms. The van der Waals surface area contributed by atoms with E-state index in [1.165, 1.54) is 62.1 Å². The normalized spacial score (nSPS) is 12.8. The van der Waals surface area contributed by atoms with Gasteiger partial charge in [0.2, 0.25) is 5.91 Å². The molecular formula is C87H111NO31. The van der Waals surface area contributed by atoms with Crippen molar-refractivity contribution >= 4 is 83.5 Å². The molecule has 1 aliphatic carbocycles. The van der Waals surface area contributed by atoms with Crippen LogP contribution in [-0.2, 0) is 114 Å². The zero-order valence-electron chi connectivity index (χ0n) is 68.1. The lowest BCUT2D eigenvalue weighted by atomic mass is 9.71. The Balaban J connectivity index is -0.000000637. The molecule has 4 rings (SSSR count). The van der Waals surface area contributed by atoms with Gasteiger partial charge in [-0.3, -0.25) is 4.79 Å². The maximum atomic E-state index is 11.1. The monoisotopic (exact) mass is 1670 g/mol. The second-order valence-corrected chi connectivity index (χ2v) is 24.2. The molecule has 1 saturated heterocycles. The molecule has 2 aromatic rings. The van der Waals surface area contributed by atoms with Gasteiger partial charge in [-0.05, 0) is 130 Å². The number of hydrogen-bond acceptors (Lipinski definition) is 31. The van der Waals surface area contributed by atoms with Gasteiger partial charge < -0.3 is 86.5 Å².